The first-order valence-electron chi connectivity index (χ1n) is 5.55. The third-order valence-electron chi connectivity index (χ3n) is 2.38. The van der Waals surface area contributed by atoms with Gasteiger partial charge in [0.2, 0.25) is 5.82 Å². The predicted octanol–water partition coefficient (Wildman–Crippen LogP) is 1.57. The summed E-state index contributed by atoms with van der Waals surface area (Å²) in [6, 6.07) is 3.12. The van der Waals surface area contributed by atoms with Crippen LogP contribution in [0.25, 0.3) is 0 Å². The molecule has 1 rings (SSSR count). The van der Waals surface area contributed by atoms with Crippen LogP contribution in [0.5, 0.6) is 0 Å². The lowest BCUT2D eigenvalue weighted by Gasteiger charge is -2.12. The van der Waals surface area contributed by atoms with Gasteiger partial charge >= 0.3 is 5.69 Å². The molecule has 2 N–H and O–H groups in total. The number of hydrogen-bond donors (Lipinski definition) is 2. The third-order valence-corrected chi connectivity index (χ3v) is 2.38. The monoisotopic (exact) mass is 238 g/mol. The van der Waals surface area contributed by atoms with Gasteiger partial charge in [0.1, 0.15) is 0 Å². The van der Waals surface area contributed by atoms with Crippen LogP contribution >= 0.6 is 0 Å². The fraction of sp³-hybridized carbons (Fsp3) is 0.545. The Labute approximate surface area is 101 Å². The van der Waals surface area contributed by atoms with Crippen LogP contribution in [0.1, 0.15) is 12.6 Å². The average molecular weight is 238 g/mol. The zero-order valence-electron chi connectivity index (χ0n) is 10.4. The Balaban J connectivity index is 2.75. The number of nitrogens with one attached hydrogen (secondary N) is 2. The molecule has 0 saturated heterocycles. The van der Waals surface area contributed by atoms with E-state index in [1.165, 1.54) is 6.07 Å². The van der Waals surface area contributed by atoms with E-state index in [2.05, 4.69) is 22.5 Å². The standard InChI is InChI=1S/C11H18N4O2/c1-8(6-12-3)7-13-11-10(15(16)17)5-4-9(2)14-11/h4-5,8,12H,6-7H2,1-3H3,(H,13,14). The van der Waals surface area contributed by atoms with Gasteiger partial charge in [-0.05, 0) is 32.5 Å². The topological polar surface area (TPSA) is 80.1 Å². The molecular formula is C11H18N4O2. The van der Waals surface area contributed by atoms with Crippen LogP contribution < -0.4 is 10.6 Å². The first-order valence-corrected chi connectivity index (χ1v) is 5.55. The molecular weight excluding hydrogens is 220 g/mol. The minimum Gasteiger partial charge on any atom is -0.364 e. The predicted molar refractivity (Wildman–Crippen MR) is 67.2 cm³/mol. The van der Waals surface area contributed by atoms with E-state index in [0.717, 1.165) is 12.2 Å². The lowest BCUT2D eigenvalue weighted by Crippen LogP contribution is -2.23. The fourth-order valence-corrected chi connectivity index (χ4v) is 1.52. The third kappa shape index (κ3) is 3.99. The van der Waals surface area contributed by atoms with E-state index in [0.29, 0.717) is 18.3 Å². The highest BCUT2D eigenvalue weighted by Gasteiger charge is 2.15. The summed E-state index contributed by atoms with van der Waals surface area (Å²) in [5.41, 5.74) is 0.784. The number of anilines is 1. The number of pyridine rings is 1. The van der Waals surface area contributed by atoms with E-state index >= 15 is 0 Å². The van der Waals surface area contributed by atoms with Crippen molar-refractivity contribution in [2.24, 2.45) is 5.92 Å². The average Bonchev–Trinajstić information content (AvgIpc) is 2.26. The molecule has 1 aromatic rings. The number of rotatable bonds is 6. The second-order valence-corrected chi connectivity index (χ2v) is 4.12. The molecule has 0 aliphatic rings. The summed E-state index contributed by atoms with van der Waals surface area (Å²) in [4.78, 5) is 14.6. The summed E-state index contributed by atoms with van der Waals surface area (Å²) in [6.07, 6.45) is 0. The van der Waals surface area contributed by atoms with E-state index < -0.39 is 4.92 Å². The van der Waals surface area contributed by atoms with E-state index in [1.54, 1.807) is 6.07 Å². The lowest BCUT2D eigenvalue weighted by atomic mass is 10.2. The highest BCUT2D eigenvalue weighted by molar-refractivity contribution is 5.56. The van der Waals surface area contributed by atoms with E-state index in [-0.39, 0.29) is 5.69 Å². The van der Waals surface area contributed by atoms with Crippen molar-refractivity contribution in [1.82, 2.24) is 10.3 Å². The van der Waals surface area contributed by atoms with Gasteiger partial charge in [0, 0.05) is 18.3 Å². The van der Waals surface area contributed by atoms with Crippen LogP contribution in [0.3, 0.4) is 0 Å². The molecule has 1 atom stereocenters. The minimum absolute atomic E-state index is 0.0206. The largest absolute Gasteiger partial charge is 0.364 e. The second kappa shape index (κ2) is 6.15. The SMILES string of the molecule is CNCC(C)CNc1nc(C)ccc1[N+](=O)[O-]. The maximum atomic E-state index is 10.8. The molecule has 1 unspecified atom stereocenters. The molecule has 0 aromatic carbocycles. The van der Waals surface area contributed by atoms with Crippen molar-refractivity contribution in [3.05, 3.63) is 27.9 Å². The van der Waals surface area contributed by atoms with Gasteiger partial charge in [0.25, 0.3) is 0 Å². The molecule has 17 heavy (non-hydrogen) atoms. The number of nitro groups is 1. The van der Waals surface area contributed by atoms with Gasteiger partial charge in [0.05, 0.1) is 4.92 Å². The molecule has 1 heterocycles. The first-order chi connectivity index (χ1) is 8.04. The zero-order valence-corrected chi connectivity index (χ0v) is 10.4. The van der Waals surface area contributed by atoms with Crippen molar-refractivity contribution < 1.29 is 4.92 Å². The van der Waals surface area contributed by atoms with Gasteiger partial charge in [-0.3, -0.25) is 10.1 Å². The number of aryl methyl sites for hydroxylation is 1. The highest BCUT2D eigenvalue weighted by atomic mass is 16.6. The minimum atomic E-state index is -0.419. The second-order valence-electron chi connectivity index (χ2n) is 4.12. The molecule has 0 fully saturated rings. The Kier molecular flexibility index (Phi) is 4.84. The maximum absolute atomic E-state index is 10.8. The van der Waals surface area contributed by atoms with E-state index in [1.807, 2.05) is 14.0 Å². The number of aromatic nitrogens is 1. The van der Waals surface area contributed by atoms with Crippen LogP contribution in [0.2, 0.25) is 0 Å². The van der Waals surface area contributed by atoms with Crippen LogP contribution in [-0.4, -0.2) is 30.0 Å². The Morgan fingerprint density at radius 3 is 2.76 bits per heavy atom. The molecule has 6 nitrogen and oxygen atoms in total. The molecule has 0 radical (unpaired) electrons. The Bertz CT molecular complexity index is 395. The van der Waals surface area contributed by atoms with E-state index in [9.17, 15) is 10.1 Å². The van der Waals surface area contributed by atoms with Crippen molar-refractivity contribution >= 4 is 11.5 Å². The smallest absolute Gasteiger partial charge is 0.311 e. The molecule has 94 valence electrons. The van der Waals surface area contributed by atoms with Crippen molar-refractivity contribution in [1.29, 1.82) is 0 Å². The Hall–Kier alpha value is -1.69. The Morgan fingerprint density at radius 1 is 1.47 bits per heavy atom. The normalized spacial score (nSPS) is 12.2. The molecule has 0 saturated carbocycles. The first kappa shape index (κ1) is 13.4. The van der Waals surface area contributed by atoms with Gasteiger partial charge in [-0.1, -0.05) is 6.92 Å². The molecule has 0 spiro atoms. The van der Waals surface area contributed by atoms with E-state index in [4.69, 9.17) is 0 Å². The molecule has 0 amide bonds. The summed E-state index contributed by atoms with van der Waals surface area (Å²) >= 11 is 0. The van der Waals surface area contributed by atoms with Crippen LogP contribution in [-0.2, 0) is 0 Å². The summed E-state index contributed by atoms with van der Waals surface area (Å²) in [6.45, 7) is 5.38. The maximum Gasteiger partial charge on any atom is 0.311 e. The van der Waals surface area contributed by atoms with Crippen LogP contribution in [0.4, 0.5) is 11.5 Å². The summed E-state index contributed by atoms with van der Waals surface area (Å²) in [5, 5.41) is 16.9. The summed E-state index contributed by atoms with van der Waals surface area (Å²) in [5.74, 6) is 0.722. The fourth-order valence-electron chi connectivity index (χ4n) is 1.52. The van der Waals surface area contributed by atoms with Crippen molar-refractivity contribution in [3.63, 3.8) is 0 Å². The van der Waals surface area contributed by atoms with Gasteiger partial charge in [0.15, 0.2) is 0 Å². The Morgan fingerprint density at radius 2 is 2.18 bits per heavy atom. The number of hydrogen-bond acceptors (Lipinski definition) is 5. The summed E-state index contributed by atoms with van der Waals surface area (Å²) < 4.78 is 0. The van der Waals surface area contributed by atoms with Gasteiger partial charge < -0.3 is 10.6 Å². The zero-order chi connectivity index (χ0) is 12.8. The van der Waals surface area contributed by atoms with Gasteiger partial charge in [-0.25, -0.2) is 4.98 Å². The van der Waals surface area contributed by atoms with Crippen molar-refractivity contribution in [3.8, 4) is 0 Å². The molecule has 0 aliphatic carbocycles. The molecule has 1 aromatic heterocycles. The van der Waals surface area contributed by atoms with Crippen LogP contribution in [0.15, 0.2) is 12.1 Å². The highest BCUT2D eigenvalue weighted by Crippen LogP contribution is 2.21. The van der Waals surface area contributed by atoms with Gasteiger partial charge in [-0.2, -0.15) is 0 Å². The van der Waals surface area contributed by atoms with Crippen molar-refractivity contribution in [2.45, 2.75) is 13.8 Å². The molecule has 6 heteroatoms. The summed E-state index contributed by atoms with van der Waals surface area (Å²) in [7, 11) is 1.88. The molecule has 0 aliphatic heterocycles. The number of nitrogens with zero attached hydrogens (tertiary/aromatic N) is 2. The quantitative estimate of drug-likeness (QED) is 0.580. The van der Waals surface area contributed by atoms with Crippen LogP contribution in [0, 0.1) is 23.0 Å². The molecule has 0 bridgehead atoms. The van der Waals surface area contributed by atoms with Crippen molar-refractivity contribution in [2.75, 3.05) is 25.5 Å². The van der Waals surface area contributed by atoms with Gasteiger partial charge in [-0.15, -0.1) is 0 Å². The lowest BCUT2D eigenvalue weighted by molar-refractivity contribution is -0.384.